The van der Waals surface area contributed by atoms with E-state index < -0.39 is 0 Å². The number of hydrogen-bond acceptors (Lipinski definition) is 2. The lowest BCUT2D eigenvalue weighted by atomic mass is 9.85. The van der Waals surface area contributed by atoms with Gasteiger partial charge in [0.1, 0.15) is 0 Å². The summed E-state index contributed by atoms with van der Waals surface area (Å²) in [7, 11) is 0. The van der Waals surface area contributed by atoms with Crippen molar-refractivity contribution in [1.82, 2.24) is 15.8 Å². The third kappa shape index (κ3) is 2.52. The van der Waals surface area contributed by atoms with E-state index in [1.54, 1.807) is 0 Å². The number of carbonyl (C=O) groups excluding carboxylic acids is 2. The number of aromatic nitrogens is 1. The van der Waals surface area contributed by atoms with Crippen molar-refractivity contribution in [3.8, 4) is 0 Å². The monoisotopic (exact) mass is 271 g/mol. The minimum atomic E-state index is -0.206. The van der Waals surface area contributed by atoms with Crippen LogP contribution < -0.4 is 10.9 Å². The second kappa shape index (κ2) is 5.36. The standard InChI is InChI=1S/C15H17N3O2/c19-14(17-18-15(20)10-4-3-5-10)8-11-9-16-13-7-2-1-6-12(11)13/h1-2,6-7,9-10,16H,3-5,8H2,(H,17,19)(H,18,20). The lowest BCUT2D eigenvalue weighted by Gasteiger charge is -2.23. The van der Waals surface area contributed by atoms with Gasteiger partial charge in [-0.3, -0.25) is 20.4 Å². The highest BCUT2D eigenvalue weighted by Crippen LogP contribution is 2.25. The fraction of sp³-hybridized carbons (Fsp3) is 0.333. The van der Waals surface area contributed by atoms with Gasteiger partial charge in [-0.1, -0.05) is 24.6 Å². The lowest BCUT2D eigenvalue weighted by molar-refractivity contribution is -0.132. The Bertz CT molecular complexity index is 643. The third-order valence-corrected chi connectivity index (χ3v) is 3.83. The maximum Gasteiger partial charge on any atom is 0.242 e. The average Bonchev–Trinajstić information content (AvgIpc) is 2.78. The predicted molar refractivity (Wildman–Crippen MR) is 75.6 cm³/mol. The molecule has 5 heteroatoms. The second-order valence-electron chi connectivity index (χ2n) is 5.20. The molecule has 3 rings (SSSR count). The number of H-pyrrole nitrogens is 1. The first-order chi connectivity index (χ1) is 9.74. The number of carbonyl (C=O) groups is 2. The molecule has 0 saturated heterocycles. The molecule has 0 unspecified atom stereocenters. The number of nitrogens with one attached hydrogen (secondary N) is 3. The fourth-order valence-corrected chi connectivity index (χ4v) is 2.40. The summed E-state index contributed by atoms with van der Waals surface area (Å²) in [4.78, 5) is 26.6. The van der Waals surface area contributed by atoms with E-state index in [-0.39, 0.29) is 24.2 Å². The smallest absolute Gasteiger partial charge is 0.242 e. The summed E-state index contributed by atoms with van der Waals surface area (Å²) >= 11 is 0. The van der Waals surface area contributed by atoms with Crippen LogP contribution in [-0.4, -0.2) is 16.8 Å². The summed E-state index contributed by atoms with van der Waals surface area (Å²) < 4.78 is 0. The number of fused-ring (bicyclic) bond motifs is 1. The highest BCUT2D eigenvalue weighted by molar-refractivity contribution is 5.90. The van der Waals surface area contributed by atoms with Crippen LogP contribution >= 0.6 is 0 Å². The second-order valence-corrected chi connectivity index (χ2v) is 5.20. The van der Waals surface area contributed by atoms with Gasteiger partial charge in [-0.05, 0) is 24.5 Å². The highest BCUT2D eigenvalue weighted by Gasteiger charge is 2.25. The summed E-state index contributed by atoms with van der Waals surface area (Å²) in [5.41, 5.74) is 6.91. The van der Waals surface area contributed by atoms with E-state index in [2.05, 4.69) is 15.8 Å². The molecule has 1 aliphatic rings. The molecule has 3 N–H and O–H groups in total. The Hall–Kier alpha value is -2.30. The minimum absolute atomic E-state index is 0.0726. The van der Waals surface area contributed by atoms with Crippen LogP contribution in [0.5, 0.6) is 0 Å². The van der Waals surface area contributed by atoms with Gasteiger partial charge in [0.05, 0.1) is 6.42 Å². The summed E-state index contributed by atoms with van der Waals surface area (Å²) in [6.45, 7) is 0. The molecule has 0 bridgehead atoms. The molecular formula is C15H17N3O2. The normalized spacial score (nSPS) is 14.8. The van der Waals surface area contributed by atoms with Gasteiger partial charge in [0, 0.05) is 23.0 Å². The minimum Gasteiger partial charge on any atom is -0.361 e. The van der Waals surface area contributed by atoms with Crippen LogP contribution in [0.2, 0.25) is 0 Å². The molecule has 0 spiro atoms. The summed E-state index contributed by atoms with van der Waals surface area (Å²) in [6, 6.07) is 7.83. The van der Waals surface area contributed by atoms with Gasteiger partial charge >= 0.3 is 0 Å². The van der Waals surface area contributed by atoms with Crippen LogP contribution in [0.25, 0.3) is 10.9 Å². The topological polar surface area (TPSA) is 74.0 Å². The van der Waals surface area contributed by atoms with Crippen molar-refractivity contribution >= 4 is 22.7 Å². The van der Waals surface area contributed by atoms with E-state index in [0.717, 1.165) is 35.7 Å². The van der Waals surface area contributed by atoms with Crippen molar-refractivity contribution in [2.45, 2.75) is 25.7 Å². The van der Waals surface area contributed by atoms with Crippen LogP contribution in [0.1, 0.15) is 24.8 Å². The van der Waals surface area contributed by atoms with Crippen LogP contribution in [0.15, 0.2) is 30.5 Å². The first-order valence-corrected chi connectivity index (χ1v) is 6.88. The molecule has 2 aromatic rings. The third-order valence-electron chi connectivity index (χ3n) is 3.83. The van der Waals surface area contributed by atoms with Crippen molar-refractivity contribution in [3.63, 3.8) is 0 Å². The summed E-state index contributed by atoms with van der Waals surface area (Å²) in [5.74, 6) is -0.214. The molecule has 2 amide bonds. The lowest BCUT2D eigenvalue weighted by Crippen LogP contribution is -2.46. The Balaban J connectivity index is 1.57. The molecule has 5 nitrogen and oxygen atoms in total. The quantitative estimate of drug-likeness (QED) is 0.743. The zero-order valence-electron chi connectivity index (χ0n) is 11.1. The van der Waals surface area contributed by atoms with Gasteiger partial charge in [0.15, 0.2) is 0 Å². The largest absolute Gasteiger partial charge is 0.361 e. The molecule has 1 aromatic heterocycles. The van der Waals surface area contributed by atoms with Crippen LogP contribution in [0, 0.1) is 5.92 Å². The van der Waals surface area contributed by atoms with Gasteiger partial charge < -0.3 is 4.98 Å². The van der Waals surface area contributed by atoms with Crippen molar-refractivity contribution in [1.29, 1.82) is 0 Å². The van der Waals surface area contributed by atoms with Crippen molar-refractivity contribution in [2.75, 3.05) is 0 Å². The molecule has 1 fully saturated rings. The highest BCUT2D eigenvalue weighted by atomic mass is 16.2. The van der Waals surface area contributed by atoms with Gasteiger partial charge in [0.25, 0.3) is 0 Å². The van der Waals surface area contributed by atoms with Crippen molar-refractivity contribution in [3.05, 3.63) is 36.0 Å². The maximum atomic E-state index is 11.8. The number of hydrogen-bond donors (Lipinski definition) is 3. The Morgan fingerprint density at radius 3 is 2.75 bits per heavy atom. The SMILES string of the molecule is O=C(Cc1c[nH]c2ccccc12)NNC(=O)C1CCC1. The maximum absolute atomic E-state index is 11.8. The fourth-order valence-electron chi connectivity index (χ4n) is 2.40. The van der Waals surface area contributed by atoms with Crippen LogP contribution in [0.4, 0.5) is 0 Å². The van der Waals surface area contributed by atoms with Gasteiger partial charge in [-0.2, -0.15) is 0 Å². The van der Waals surface area contributed by atoms with Crippen LogP contribution in [0.3, 0.4) is 0 Å². The number of hydrazine groups is 1. The van der Waals surface area contributed by atoms with Crippen molar-refractivity contribution < 1.29 is 9.59 Å². The Kier molecular flexibility index (Phi) is 3.41. The van der Waals surface area contributed by atoms with E-state index in [1.807, 2.05) is 30.5 Å². The molecule has 0 aliphatic heterocycles. The molecule has 1 aliphatic carbocycles. The Morgan fingerprint density at radius 2 is 2.00 bits per heavy atom. The summed E-state index contributed by atoms with van der Waals surface area (Å²) in [5, 5.41) is 1.04. The van der Waals surface area contributed by atoms with E-state index in [4.69, 9.17) is 0 Å². The Morgan fingerprint density at radius 1 is 1.20 bits per heavy atom. The van der Waals surface area contributed by atoms with Gasteiger partial charge in [-0.15, -0.1) is 0 Å². The molecule has 0 atom stereocenters. The summed E-state index contributed by atoms with van der Waals surface area (Å²) in [6.07, 6.45) is 5.02. The first-order valence-electron chi connectivity index (χ1n) is 6.88. The molecule has 1 heterocycles. The molecule has 104 valence electrons. The van der Waals surface area contributed by atoms with Crippen LogP contribution in [-0.2, 0) is 16.0 Å². The molecule has 1 saturated carbocycles. The zero-order chi connectivity index (χ0) is 13.9. The average molecular weight is 271 g/mol. The van der Waals surface area contributed by atoms with Gasteiger partial charge in [0.2, 0.25) is 11.8 Å². The van der Waals surface area contributed by atoms with E-state index >= 15 is 0 Å². The van der Waals surface area contributed by atoms with E-state index in [0.29, 0.717) is 0 Å². The zero-order valence-corrected chi connectivity index (χ0v) is 11.1. The molecule has 0 radical (unpaired) electrons. The number of amides is 2. The van der Waals surface area contributed by atoms with Crippen molar-refractivity contribution in [2.24, 2.45) is 5.92 Å². The number of aromatic amines is 1. The first kappa shape index (κ1) is 12.7. The molecule has 1 aromatic carbocycles. The number of benzene rings is 1. The molecular weight excluding hydrogens is 254 g/mol. The predicted octanol–water partition coefficient (Wildman–Crippen LogP) is 1.66. The van der Waals surface area contributed by atoms with E-state index in [9.17, 15) is 9.59 Å². The Labute approximate surface area is 116 Å². The van der Waals surface area contributed by atoms with E-state index in [1.165, 1.54) is 0 Å². The number of para-hydroxylation sites is 1. The molecule has 20 heavy (non-hydrogen) atoms. The van der Waals surface area contributed by atoms with Gasteiger partial charge in [-0.25, -0.2) is 0 Å². The number of rotatable bonds is 3.